The van der Waals surface area contributed by atoms with Gasteiger partial charge in [0.25, 0.3) is 0 Å². The van der Waals surface area contributed by atoms with Crippen molar-refractivity contribution in [3.05, 3.63) is 60.2 Å². The zero-order chi connectivity index (χ0) is 13.7. The third-order valence-electron chi connectivity index (χ3n) is 2.33. The first kappa shape index (κ1) is 13.4. The molecule has 2 aromatic carbocycles. The molecule has 5 nitrogen and oxygen atoms in total. The molecule has 0 fully saturated rings. The smallest absolute Gasteiger partial charge is 0.357 e. The second kappa shape index (κ2) is 5.73. The zero-order valence-corrected chi connectivity index (χ0v) is 10.8. The summed E-state index contributed by atoms with van der Waals surface area (Å²) in [5.74, 6) is 0.512. The summed E-state index contributed by atoms with van der Waals surface area (Å²) in [6.45, 7) is 0.385. The van der Waals surface area contributed by atoms with Gasteiger partial charge in [-0.3, -0.25) is 9.27 Å². The minimum absolute atomic E-state index is 0.244. The average molecular weight is 279 g/mol. The van der Waals surface area contributed by atoms with Crippen molar-refractivity contribution in [1.82, 2.24) is 0 Å². The van der Waals surface area contributed by atoms with Gasteiger partial charge in [-0.1, -0.05) is 36.4 Å². The third kappa shape index (κ3) is 4.61. The maximum atomic E-state index is 10.7. The Morgan fingerprint density at radius 1 is 1.05 bits per heavy atom. The van der Waals surface area contributed by atoms with E-state index in [-0.39, 0.29) is 5.69 Å². The highest BCUT2D eigenvalue weighted by molar-refractivity contribution is 7.87. The van der Waals surface area contributed by atoms with E-state index in [1.54, 1.807) is 12.1 Å². The zero-order valence-electron chi connectivity index (χ0n) is 9.98. The highest BCUT2D eigenvalue weighted by Crippen LogP contribution is 2.19. The fraction of sp³-hybridized carbons (Fsp3) is 0.0769. The first-order valence-corrected chi connectivity index (χ1v) is 6.99. The summed E-state index contributed by atoms with van der Waals surface area (Å²) in [4.78, 5) is 0. The summed E-state index contributed by atoms with van der Waals surface area (Å²) in [6.07, 6.45) is 0. The molecule has 0 atom stereocenters. The van der Waals surface area contributed by atoms with Gasteiger partial charge in [-0.05, 0) is 17.7 Å². The summed E-state index contributed by atoms with van der Waals surface area (Å²) in [5.41, 5.74) is 1.25. The molecule has 0 heterocycles. The van der Waals surface area contributed by atoms with Crippen molar-refractivity contribution in [2.24, 2.45) is 0 Å². The van der Waals surface area contributed by atoms with Crippen LogP contribution in [0.1, 0.15) is 5.56 Å². The molecule has 0 aliphatic heterocycles. The number of hydrogen-bond donors (Lipinski definition) is 2. The molecule has 0 spiro atoms. The highest BCUT2D eigenvalue weighted by Gasteiger charge is 2.04. The summed E-state index contributed by atoms with van der Waals surface area (Å²) >= 11 is 0. The Morgan fingerprint density at radius 2 is 1.79 bits per heavy atom. The lowest BCUT2D eigenvalue weighted by atomic mass is 10.2. The van der Waals surface area contributed by atoms with Crippen LogP contribution in [0.4, 0.5) is 5.69 Å². The van der Waals surface area contributed by atoms with Crippen LogP contribution in [0.15, 0.2) is 54.6 Å². The van der Waals surface area contributed by atoms with Crippen molar-refractivity contribution in [3.8, 4) is 5.75 Å². The molecule has 0 unspecified atom stereocenters. The van der Waals surface area contributed by atoms with E-state index in [0.717, 1.165) is 5.56 Å². The van der Waals surface area contributed by atoms with E-state index < -0.39 is 10.3 Å². The largest absolute Gasteiger partial charge is 0.489 e. The molecule has 0 amide bonds. The summed E-state index contributed by atoms with van der Waals surface area (Å²) in [6, 6.07) is 16.0. The van der Waals surface area contributed by atoms with Crippen LogP contribution < -0.4 is 9.46 Å². The van der Waals surface area contributed by atoms with Crippen LogP contribution in [0.5, 0.6) is 5.75 Å². The molecule has 2 rings (SSSR count). The van der Waals surface area contributed by atoms with Gasteiger partial charge in [0.2, 0.25) is 0 Å². The van der Waals surface area contributed by atoms with Gasteiger partial charge in [-0.25, -0.2) is 0 Å². The Bertz CT molecular complexity index is 641. The van der Waals surface area contributed by atoms with Crippen molar-refractivity contribution >= 4 is 16.0 Å². The molecule has 2 N–H and O–H groups in total. The predicted octanol–water partition coefficient (Wildman–Crippen LogP) is 2.48. The van der Waals surface area contributed by atoms with Gasteiger partial charge in [0.15, 0.2) is 0 Å². The maximum absolute atomic E-state index is 10.7. The van der Waals surface area contributed by atoms with Gasteiger partial charge in [0.1, 0.15) is 12.4 Å². The van der Waals surface area contributed by atoms with E-state index in [0.29, 0.717) is 12.4 Å². The molecule has 100 valence electrons. The molecule has 6 heteroatoms. The van der Waals surface area contributed by atoms with Crippen LogP contribution in [-0.4, -0.2) is 13.0 Å². The fourth-order valence-corrected chi connectivity index (χ4v) is 1.96. The maximum Gasteiger partial charge on any atom is 0.357 e. The van der Waals surface area contributed by atoms with Gasteiger partial charge in [-0.15, -0.1) is 0 Å². The molecule has 0 aliphatic carbocycles. The summed E-state index contributed by atoms with van der Waals surface area (Å²) < 4.78 is 37.6. The summed E-state index contributed by atoms with van der Waals surface area (Å²) in [5, 5.41) is 0. The Labute approximate surface area is 111 Å². The molecule has 0 aromatic heterocycles. The van der Waals surface area contributed by atoms with Crippen LogP contribution in [0.25, 0.3) is 0 Å². The predicted molar refractivity (Wildman–Crippen MR) is 72.4 cm³/mol. The molecule has 0 radical (unpaired) electrons. The van der Waals surface area contributed by atoms with E-state index in [9.17, 15) is 8.42 Å². The first-order chi connectivity index (χ1) is 9.03. The molecular weight excluding hydrogens is 266 g/mol. The van der Waals surface area contributed by atoms with E-state index in [1.165, 1.54) is 12.1 Å². The Kier molecular flexibility index (Phi) is 4.03. The van der Waals surface area contributed by atoms with Crippen LogP contribution in [0.2, 0.25) is 0 Å². The molecule has 0 saturated heterocycles. The second-order valence-corrected chi connectivity index (χ2v) is 5.03. The SMILES string of the molecule is O=S(=O)(O)Nc1cccc(OCc2ccccc2)c1. The van der Waals surface area contributed by atoms with Gasteiger partial charge in [0, 0.05) is 6.07 Å². The normalized spacial score (nSPS) is 11.0. The van der Waals surface area contributed by atoms with Crippen LogP contribution in [0, 0.1) is 0 Å². The van der Waals surface area contributed by atoms with Crippen LogP contribution in [-0.2, 0) is 16.9 Å². The lowest BCUT2D eigenvalue weighted by Crippen LogP contribution is -2.10. The lowest BCUT2D eigenvalue weighted by Gasteiger charge is -2.08. The topological polar surface area (TPSA) is 75.6 Å². The van der Waals surface area contributed by atoms with Gasteiger partial charge in [-0.2, -0.15) is 8.42 Å². The van der Waals surface area contributed by atoms with Gasteiger partial charge >= 0.3 is 10.3 Å². The lowest BCUT2D eigenvalue weighted by molar-refractivity contribution is 0.306. The number of anilines is 1. The van der Waals surface area contributed by atoms with Crippen molar-refractivity contribution < 1.29 is 17.7 Å². The van der Waals surface area contributed by atoms with Crippen molar-refractivity contribution in [2.75, 3.05) is 4.72 Å². The monoisotopic (exact) mass is 279 g/mol. The Hall–Kier alpha value is -2.05. The Morgan fingerprint density at radius 3 is 2.47 bits per heavy atom. The van der Waals surface area contributed by atoms with E-state index in [2.05, 4.69) is 0 Å². The minimum atomic E-state index is -4.27. The minimum Gasteiger partial charge on any atom is -0.489 e. The molecule has 0 bridgehead atoms. The second-order valence-electron chi connectivity index (χ2n) is 3.88. The molecule has 19 heavy (non-hydrogen) atoms. The van der Waals surface area contributed by atoms with E-state index in [1.807, 2.05) is 35.1 Å². The molecule has 0 saturated carbocycles. The van der Waals surface area contributed by atoms with Crippen LogP contribution >= 0.6 is 0 Å². The van der Waals surface area contributed by atoms with Crippen LogP contribution in [0.3, 0.4) is 0 Å². The van der Waals surface area contributed by atoms with E-state index in [4.69, 9.17) is 9.29 Å². The molecule has 0 aliphatic rings. The van der Waals surface area contributed by atoms with Crippen molar-refractivity contribution in [3.63, 3.8) is 0 Å². The number of hydrogen-bond acceptors (Lipinski definition) is 3. The quantitative estimate of drug-likeness (QED) is 0.824. The van der Waals surface area contributed by atoms with Crippen molar-refractivity contribution in [2.45, 2.75) is 6.61 Å². The number of rotatable bonds is 5. The standard InChI is InChI=1S/C13H13NO4S/c15-19(16,17)14-12-7-4-8-13(9-12)18-10-11-5-2-1-3-6-11/h1-9,14H,10H2,(H,15,16,17). The van der Waals surface area contributed by atoms with Crippen molar-refractivity contribution in [1.29, 1.82) is 0 Å². The number of benzene rings is 2. The number of ether oxygens (including phenoxy) is 1. The highest BCUT2D eigenvalue weighted by atomic mass is 32.2. The molecule has 2 aromatic rings. The molecular formula is C13H13NO4S. The first-order valence-electron chi connectivity index (χ1n) is 5.55. The number of nitrogens with one attached hydrogen (secondary N) is 1. The summed E-state index contributed by atoms with van der Waals surface area (Å²) in [7, 11) is -4.27. The van der Waals surface area contributed by atoms with Gasteiger partial charge < -0.3 is 4.74 Å². The Balaban J connectivity index is 2.03. The fourth-order valence-electron chi connectivity index (χ4n) is 1.54. The third-order valence-corrected chi connectivity index (χ3v) is 2.82. The van der Waals surface area contributed by atoms with E-state index >= 15 is 0 Å². The van der Waals surface area contributed by atoms with Gasteiger partial charge in [0.05, 0.1) is 5.69 Å². The average Bonchev–Trinajstić information content (AvgIpc) is 2.36.